The first-order valence-electron chi connectivity index (χ1n) is 6.72. The maximum absolute atomic E-state index is 10.9. The van der Waals surface area contributed by atoms with Crippen molar-refractivity contribution in [2.75, 3.05) is 7.11 Å². The first kappa shape index (κ1) is 16.8. The molecule has 0 bridgehead atoms. The minimum absolute atomic E-state index is 0.0247. The number of carbonyl (C=O) groups excluding carboxylic acids is 3. The molecule has 2 aliphatic rings. The molecule has 2 aliphatic carbocycles. The summed E-state index contributed by atoms with van der Waals surface area (Å²) in [6.07, 6.45) is 6.30. The lowest BCUT2D eigenvalue weighted by atomic mass is 9.99. The molecule has 0 unspecified atom stereocenters. The molecule has 0 heterocycles. The lowest BCUT2D eigenvalue weighted by Gasteiger charge is -2.08. The number of hydrogen-bond acceptors (Lipinski definition) is 5. The molecule has 0 aromatic heterocycles. The van der Waals surface area contributed by atoms with Crippen LogP contribution in [0.3, 0.4) is 0 Å². The van der Waals surface area contributed by atoms with Crippen molar-refractivity contribution in [3.63, 3.8) is 0 Å². The summed E-state index contributed by atoms with van der Waals surface area (Å²) in [4.78, 5) is 42.6. The zero-order valence-corrected chi connectivity index (χ0v) is 11.9. The van der Waals surface area contributed by atoms with Gasteiger partial charge in [-0.1, -0.05) is 0 Å². The lowest BCUT2D eigenvalue weighted by Crippen LogP contribution is -2.11. The van der Waals surface area contributed by atoms with Crippen molar-refractivity contribution in [1.29, 1.82) is 0 Å². The van der Waals surface area contributed by atoms with Crippen LogP contribution in [-0.4, -0.2) is 35.7 Å². The number of carbonyl (C=O) groups is 4. The molecule has 0 saturated carbocycles. The molecular weight excluding hydrogens is 276 g/mol. The average molecular weight is 294 g/mol. The number of carboxylic acids is 1. The fourth-order valence-corrected chi connectivity index (χ4v) is 2.04. The fourth-order valence-electron chi connectivity index (χ4n) is 2.04. The third-order valence-corrected chi connectivity index (χ3v) is 3.13. The molecule has 0 saturated heterocycles. The SMILES string of the molecule is COC(=O)C1=CC(=O)CCC1.O=C1C=C(C(=O)O)CCC1. The molecule has 0 radical (unpaired) electrons. The molecule has 6 nitrogen and oxygen atoms in total. The third kappa shape index (κ3) is 5.72. The van der Waals surface area contributed by atoms with E-state index in [4.69, 9.17) is 5.11 Å². The highest BCUT2D eigenvalue weighted by molar-refractivity contribution is 6.00. The van der Waals surface area contributed by atoms with Gasteiger partial charge in [0, 0.05) is 24.0 Å². The second-order valence-electron chi connectivity index (χ2n) is 4.78. The number of esters is 1. The molecule has 0 atom stereocenters. The average Bonchev–Trinajstić information content (AvgIpc) is 2.47. The van der Waals surface area contributed by atoms with E-state index in [-0.39, 0.29) is 23.1 Å². The molecule has 2 rings (SSSR count). The van der Waals surface area contributed by atoms with Gasteiger partial charge in [-0.25, -0.2) is 9.59 Å². The van der Waals surface area contributed by atoms with E-state index < -0.39 is 5.97 Å². The van der Waals surface area contributed by atoms with E-state index in [2.05, 4.69) is 4.74 Å². The Morgan fingerprint density at radius 2 is 1.43 bits per heavy atom. The van der Waals surface area contributed by atoms with Gasteiger partial charge < -0.3 is 9.84 Å². The molecule has 114 valence electrons. The number of ether oxygens (including phenoxy) is 1. The van der Waals surface area contributed by atoms with E-state index in [1.54, 1.807) is 0 Å². The van der Waals surface area contributed by atoms with E-state index in [1.165, 1.54) is 19.3 Å². The summed E-state index contributed by atoms with van der Waals surface area (Å²) in [5.41, 5.74) is 0.750. The normalized spacial score (nSPS) is 18.0. The van der Waals surface area contributed by atoms with Crippen LogP contribution in [0.2, 0.25) is 0 Å². The number of carboxylic acid groups (broad SMARTS) is 1. The van der Waals surface area contributed by atoms with E-state index in [1.807, 2.05) is 0 Å². The summed E-state index contributed by atoms with van der Waals surface area (Å²) in [6, 6.07) is 0. The van der Waals surface area contributed by atoms with Gasteiger partial charge in [-0.15, -0.1) is 0 Å². The van der Waals surface area contributed by atoms with E-state index in [9.17, 15) is 19.2 Å². The minimum atomic E-state index is -0.965. The number of allylic oxidation sites excluding steroid dienone is 2. The number of methoxy groups -OCH3 is 1. The highest BCUT2D eigenvalue weighted by Crippen LogP contribution is 2.16. The van der Waals surface area contributed by atoms with Crippen molar-refractivity contribution >= 4 is 23.5 Å². The molecule has 0 fully saturated rings. The summed E-state index contributed by atoms with van der Waals surface area (Å²) < 4.78 is 4.48. The largest absolute Gasteiger partial charge is 0.478 e. The Bertz CT molecular complexity index is 512. The second kappa shape index (κ2) is 8.14. The summed E-state index contributed by atoms with van der Waals surface area (Å²) >= 11 is 0. The smallest absolute Gasteiger partial charge is 0.333 e. The molecule has 0 spiro atoms. The summed E-state index contributed by atoms with van der Waals surface area (Å²) in [7, 11) is 1.32. The van der Waals surface area contributed by atoms with Crippen molar-refractivity contribution in [2.45, 2.75) is 38.5 Å². The van der Waals surface area contributed by atoms with Crippen molar-refractivity contribution in [3.8, 4) is 0 Å². The van der Waals surface area contributed by atoms with E-state index >= 15 is 0 Å². The topological polar surface area (TPSA) is 97.7 Å². The molecule has 0 aromatic rings. The van der Waals surface area contributed by atoms with Crippen molar-refractivity contribution in [3.05, 3.63) is 23.3 Å². The summed E-state index contributed by atoms with van der Waals surface area (Å²) in [5.74, 6) is -1.38. The van der Waals surface area contributed by atoms with Gasteiger partial charge in [0.15, 0.2) is 11.6 Å². The second-order valence-corrected chi connectivity index (χ2v) is 4.78. The number of rotatable bonds is 2. The van der Waals surface area contributed by atoms with Crippen LogP contribution in [0.1, 0.15) is 38.5 Å². The van der Waals surface area contributed by atoms with Crippen LogP contribution in [0, 0.1) is 0 Å². The fraction of sp³-hybridized carbons (Fsp3) is 0.467. The molecule has 6 heteroatoms. The molecule has 0 aromatic carbocycles. The molecule has 0 amide bonds. The Morgan fingerprint density at radius 3 is 1.81 bits per heavy atom. The van der Waals surface area contributed by atoms with Gasteiger partial charge >= 0.3 is 11.9 Å². The van der Waals surface area contributed by atoms with Crippen LogP contribution >= 0.6 is 0 Å². The van der Waals surface area contributed by atoms with Gasteiger partial charge in [-0.3, -0.25) is 9.59 Å². The van der Waals surface area contributed by atoms with E-state index in [0.717, 1.165) is 6.42 Å². The zero-order valence-electron chi connectivity index (χ0n) is 11.9. The Hall–Kier alpha value is -2.24. The van der Waals surface area contributed by atoms with Gasteiger partial charge in [0.1, 0.15) is 0 Å². The highest BCUT2D eigenvalue weighted by Gasteiger charge is 2.16. The summed E-state index contributed by atoms with van der Waals surface area (Å²) in [6.45, 7) is 0. The van der Waals surface area contributed by atoms with Crippen molar-refractivity contribution in [2.24, 2.45) is 0 Å². The first-order chi connectivity index (χ1) is 9.93. The summed E-state index contributed by atoms with van der Waals surface area (Å²) in [5, 5.41) is 8.44. The number of ketones is 2. The number of hydrogen-bond donors (Lipinski definition) is 1. The maximum atomic E-state index is 10.9. The van der Waals surface area contributed by atoms with Gasteiger partial charge in [-0.2, -0.15) is 0 Å². The Morgan fingerprint density at radius 1 is 0.952 bits per heavy atom. The highest BCUT2D eigenvalue weighted by atomic mass is 16.5. The molecule has 1 N–H and O–H groups in total. The molecule has 0 aliphatic heterocycles. The molecule has 21 heavy (non-hydrogen) atoms. The van der Waals surface area contributed by atoms with Crippen molar-refractivity contribution in [1.82, 2.24) is 0 Å². The predicted octanol–water partition coefficient (Wildman–Crippen LogP) is 1.59. The quantitative estimate of drug-likeness (QED) is 0.777. The Balaban J connectivity index is 0.000000211. The van der Waals surface area contributed by atoms with Crippen LogP contribution in [0.15, 0.2) is 23.3 Å². The lowest BCUT2D eigenvalue weighted by molar-refractivity contribution is -0.137. The van der Waals surface area contributed by atoms with Crippen LogP contribution in [0.25, 0.3) is 0 Å². The third-order valence-electron chi connectivity index (χ3n) is 3.13. The predicted molar refractivity (Wildman–Crippen MR) is 73.5 cm³/mol. The maximum Gasteiger partial charge on any atom is 0.333 e. The Kier molecular flexibility index (Phi) is 6.52. The Labute approximate surface area is 122 Å². The standard InChI is InChI=1S/C8H10O3.C7H8O3/c1-11-8(10)6-3-2-4-7(9)5-6;8-6-3-1-2-5(4-6)7(9)10/h5H,2-4H2,1H3;4H,1-3H2,(H,9,10). The first-order valence-corrected chi connectivity index (χ1v) is 6.72. The van der Waals surface area contributed by atoms with Crippen LogP contribution in [-0.2, 0) is 23.9 Å². The van der Waals surface area contributed by atoms with Crippen LogP contribution < -0.4 is 0 Å². The molecular formula is C15H18O6. The van der Waals surface area contributed by atoms with E-state index in [0.29, 0.717) is 37.7 Å². The van der Waals surface area contributed by atoms with Gasteiger partial charge in [0.2, 0.25) is 0 Å². The van der Waals surface area contributed by atoms with Gasteiger partial charge in [-0.05, 0) is 37.8 Å². The van der Waals surface area contributed by atoms with Crippen LogP contribution in [0.5, 0.6) is 0 Å². The van der Waals surface area contributed by atoms with Gasteiger partial charge in [0.25, 0.3) is 0 Å². The minimum Gasteiger partial charge on any atom is -0.478 e. The zero-order chi connectivity index (χ0) is 15.8. The van der Waals surface area contributed by atoms with Gasteiger partial charge in [0.05, 0.1) is 7.11 Å². The monoisotopic (exact) mass is 294 g/mol. The van der Waals surface area contributed by atoms with Crippen molar-refractivity contribution < 1.29 is 29.0 Å². The van der Waals surface area contributed by atoms with Crippen LogP contribution in [0.4, 0.5) is 0 Å². The number of aliphatic carboxylic acids is 1.